The molecule has 0 aliphatic carbocycles. The Labute approximate surface area is 128 Å². The van der Waals surface area contributed by atoms with Crippen molar-refractivity contribution < 1.29 is 4.92 Å². The fourth-order valence-electron chi connectivity index (χ4n) is 1.86. The molecule has 2 heterocycles. The van der Waals surface area contributed by atoms with Crippen LogP contribution in [0.5, 0.6) is 0 Å². The number of thiophene rings is 1. The molecule has 6 nitrogen and oxygen atoms in total. The number of non-ortho nitro benzene ring substituents is 1. The summed E-state index contributed by atoms with van der Waals surface area (Å²) in [5.74, 6) is 0.230. The van der Waals surface area contributed by atoms with E-state index in [0.29, 0.717) is 0 Å². The molecule has 0 aliphatic rings. The van der Waals surface area contributed by atoms with Gasteiger partial charge in [0.15, 0.2) is 0 Å². The number of anilines is 1. The molecule has 0 fully saturated rings. The SMILES string of the molecule is Cc1cc2c(Sc3ccc([N+](=O)[O-])cc3)nc(N)nc2s1. The number of fused-ring (bicyclic) bond motifs is 1. The summed E-state index contributed by atoms with van der Waals surface area (Å²) >= 11 is 2.98. The largest absolute Gasteiger partial charge is 0.368 e. The lowest BCUT2D eigenvalue weighted by Gasteiger charge is -2.03. The average Bonchev–Trinajstić information content (AvgIpc) is 2.79. The van der Waals surface area contributed by atoms with E-state index in [9.17, 15) is 10.1 Å². The standard InChI is InChI=1S/C13H10N4O2S2/c1-7-6-10-11(20-7)15-13(14)16-12(10)21-9-4-2-8(3-5-9)17(18)19/h2-6H,1H3,(H2,14,15,16). The number of nitrogen functional groups attached to an aromatic ring is 1. The summed E-state index contributed by atoms with van der Waals surface area (Å²) in [6.07, 6.45) is 0. The third kappa shape index (κ3) is 2.81. The molecule has 0 spiro atoms. The van der Waals surface area contributed by atoms with Gasteiger partial charge in [-0.3, -0.25) is 10.1 Å². The zero-order valence-electron chi connectivity index (χ0n) is 10.9. The highest BCUT2D eigenvalue weighted by atomic mass is 32.2. The van der Waals surface area contributed by atoms with Crippen molar-refractivity contribution in [2.75, 3.05) is 5.73 Å². The summed E-state index contributed by atoms with van der Waals surface area (Å²) in [5.41, 5.74) is 5.80. The van der Waals surface area contributed by atoms with Gasteiger partial charge in [0, 0.05) is 27.3 Å². The molecule has 0 unspecified atom stereocenters. The normalized spacial score (nSPS) is 10.9. The van der Waals surface area contributed by atoms with Crippen molar-refractivity contribution in [3.8, 4) is 0 Å². The summed E-state index contributed by atoms with van der Waals surface area (Å²) in [7, 11) is 0. The molecule has 106 valence electrons. The summed E-state index contributed by atoms with van der Waals surface area (Å²) in [4.78, 5) is 21.6. The van der Waals surface area contributed by atoms with Gasteiger partial charge in [-0.05, 0) is 25.1 Å². The number of hydrogen-bond donors (Lipinski definition) is 1. The van der Waals surface area contributed by atoms with E-state index in [1.807, 2.05) is 13.0 Å². The first kappa shape index (κ1) is 13.8. The summed E-state index contributed by atoms with van der Waals surface area (Å²) in [5, 5.41) is 12.4. The number of nitrogens with zero attached hydrogens (tertiary/aromatic N) is 3. The summed E-state index contributed by atoms with van der Waals surface area (Å²) in [6.45, 7) is 2.00. The molecule has 1 aromatic carbocycles. The minimum atomic E-state index is -0.419. The highest BCUT2D eigenvalue weighted by molar-refractivity contribution is 7.99. The van der Waals surface area contributed by atoms with Crippen LogP contribution in [0.1, 0.15) is 4.88 Å². The molecule has 0 saturated heterocycles. The maximum Gasteiger partial charge on any atom is 0.269 e. The molecule has 2 N–H and O–H groups in total. The maximum atomic E-state index is 10.7. The monoisotopic (exact) mass is 318 g/mol. The Morgan fingerprint density at radius 2 is 2.00 bits per heavy atom. The van der Waals surface area contributed by atoms with Crippen molar-refractivity contribution in [1.82, 2.24) is 9.97 Å². The van der Waals surface area contributed by atoms with E-state index in [4.69, 9.17) is 5.73 Å². The van der Waals surface area contributed by atoms with Crippen LogP contribution in [0.15, 0.2) is 40.3 Å². The molecule has 21 heavy (non-hydrogen) atoms. The van der Waals surface area contributed by atoms with E-state index < -0.39 is 4.92 Å². The van der Waals surface area contributed by atoms with Crippen LogP contribution in [0.3, 0.4) is 0 Å². The number of hydrogen-bond acceptors (Lipinski definition) is 7. The van der Waals surface area contributed by atoms with E-state index >= 15 is 0 Å². The van der Waals surface area contributed by atoms with E-state index in [1.165, 1.54) is 23.9 Å². The second kappa shape index (κ2) is 5.30. The lowest BCUT2D eigenvalue weighted by atomic mass is 10.3. The number of benzene rings is 1. The van der Waals surface area contributed by atoms with Crippen molar-refractivity contribution in [2.24, 2.45) is 0 Å². The van der Waals surface area contributed by atoms with Crippen molar-refractivity contribution >= 4 is 45.0 Å². The Morgan fingerprint density at radius 3 is 2.67 bits per heavy atom. The lowest BCUT2D eigenvalue weighted by molar-refractivity contribution is -0.384. The predicted octanol–water partition coefficient (Wildman–Crippen LogP) is 3.64. The Kier molecular flexibility index (Phi) is 3.48. The number of nitro benzene ring substituents is 1. The second-order valence-corrected chi connectivity index (χ2v) is 6.61. The van der Waals surface area contributed by atoms with Crippen LogP contribution in [0, 0.1) is 17.0 Å². The zero-order valence-corrected chi connectivity index (χ0v) is 12.6. The number of nitro groups is 1. The molecule has 0 saturated carbocycles. The van der Waals surface area contributed by atoms with Gasteiger partial charge in [0.1, 0.15) is 9.86 Å². The third-order valence-corrected chi connectivity index (χ3v) is 4.72. The Bertz CT molecular complexity index is 830. The lowest BCUT2D eigenvalue weighted by Crippen LogP contribution is -1.95. The first-order valence-electron chi connectivity index (χ1n) is 5.99. The molecule has 3 rings (SSSR count). The fraction of sp³-hybridized carbons (Fsp3) is 0.0769. The van der Waals surface area contributed by atoms with Crippen molar-refractivity contribution in [3.63, 3.8) is 0 Å². The molecule has 0 atom stereocenters. The van der Waals surface area contributed by atoms with E-state index in [1.54, 1.807) is 23.5 Å². The van der Waals surface area contributed by atoms with Crippen LogP contribution in [-0.4, -0.2) is 14.9 Å². The number of aromatic nitrogens is 2. The third-order valence-electron chi connectivity index (χ3n) is 2.76. The highest BCUT2D eigenvalue weighted by Gasteiger charge is 2.12. The molecular weight excluding hydrogens is 308 g/mol. The van der Waals surface area contributed by atoms with Gasteiger partial charge in [-0.25, -0.2) is 9.97 Å². The Balaban J connectivity index is 1.99. The van der Waals surface area contributed by atoms with Crippen LogP contribution in [-0.2, 0) is 0 Å². The molecule has 0 bridgehead atoms. The van der Waals surface area contributed by atoms with Gasteiger partial charge in [0.05, 0.1) is 4.92 Å². The summed E-state index contributed by atoms with van der Waals surface area (Å²) in [6, 6.07) is 8.37. The zero-order chi connectivity index (χ0) is 15.0. The predicted molar refractivity (Wildman–Crippen MR) is 83.8 cm³/mol. The van der Waals surface area contributed by atoms with E-state index in [0.717, 1.165) is 25.0 Å². The summed E-state index contributed by atoms with van der Waals surface area (Å²) < 4.78 is 0. The van der Waals surface area contributed by atoms with Crippen LogP contribution < -0.4 is 5.73 Å². The fourth-order valence-corrected chi connectivity index (χ4v) is 3.71. The highest BCUT2D eigenvalue weighted by Crippen LogP contribution is 2.35. The smallest absolute Gasteiger partial charge is 0.269 e. The average molecular weight is 318 g/mol. The molecular formula is C13H10N4O2S2. The van der Waals surface area contributed by atoms with Crippen LogP contribution in [0.2, 0.25) is 0 Å². The van der Waals surface area contributed by atoms with Crippen LogP contribution in [0.25, 0.3) is 10.2 Å². The molecule has 0 aliphatic heterocycles. The van der Waals surface area contributed by atoms with Crippen molar-refractivity contribution in [1.29, 1.82) is 0 Å². The van der Waals surface area contributed by atoms with Gasteiger partial charge in [-0.2, -0.15) is 0 Å². The van der Waals surface area contributed by atoms with Gasteiger partial charge >= 0.3 is 0 Å². The van der Waals surface area contributed by atoms with Gasteiger partial charge < -0.3 is 5.73 Å². The Hall–Kier alpha value is -2.19. The number of nitrogens with two attached hydrogens (primary N) is 1. The molecule has 0 amide bonds. The molecule has 2 aromatic heterocycles. The number of aryl methyl sites for hydroxylation is 1. The first-order chi connectivity index (χ1) is 10.0. The quantitative estimate of drug-likeness (QED) is 0.450. The van der Waals surface area contributed by atoms with Gasteiger partial charge in [0.2, 0.25) is 5.95 Å². The van der Waals surface area contributed by atoms with E-state index in [-0.39, 0.29) is 11.6 Å². The van der Waals surface area contributed by atoms with Crippen LogP contribution in [0.4, 0.5) is 11.6 Å². The van der Waals surface area contributed by atoms with E-state index in [2.05, 4.69) is 9.97 Å². The molecule has 3 aromatic rings. The molecule has 0 radical (unpaired) electrons. The van der Waals surface area contributed by atoms with Crippen molar-refractivity contribution in [2.45, 2.75) is 16.8 Å². The minimum Gasteiger partial charge on any atom is -0.368 e. The Morgan fingerprint density at radius 1 is 1.29 bits per heavy atom. The topological polar surface area (TPSA) is 94.9 Å². The minimum absolute atomic E-state index is 0.0677. The molecule has 8 heteroatoms. The van der Waals surface area contributed by atoms with Crippen LogP contribution >= 0.6 is 23.1 Å². The van der Waals surface area contributed by atoms with Gasteiger partial charge in [0.25, 0.3) is 5.69 Å². The van der Waals surface area contributed by atoms with Gasteiger partial charge in [-0.15, -0.1) is 11.3 Å². The van der Waals surface area contributed by atoms with Crippen molar-refractivity contribution in [3.05, 3.63) is 45.3 Å². The first-order valence-corrected chi connectivity index (χ1v) is 7.62. The maximum absolute atomic E-state index is 10.7. The second-order valence-electron chi connectivity index (χ2n) is 4.32. The number of rotatable bonds is 3. The van der Waals surface area contributed by atoms with Gasteiger partial charge in [-0.1, -0.05) is 11.8 Å².